The van der Waals surface area contributed by atoms with Gasteiger partial charge in [-0.3, -0.25) is 4.79 Å². The first-order valence-electron chi connectivity index (χ1n) is 7.14. The number of pyridine rings is 1. The summed E-state index contributed by atoms with van der Waals surface area (Å²) in [6, 6.07) is 7.64. The number of anilines is 1. The Bertz CT molecular complexity index is 899. The van der Waals surface area contributed by atoms with Crippen LogP contribution >= 0.6 is 22.9 Å². The van der Waals surface area contributed by atoms with E-state index in [-0.39, 0.29) is 5.78 Å². The highest BCUT2D eigenvalue weighted by Gasteiger charge is 2.25. The van der Waals surface area contributed by atoms with Crippen LogP contribution in [-0.2, 0) is 6.42 Å². The number of carbonyl (C=O) groups is 1. The van der Waals surface area contributed by atoms with E-state index in [2.05, 4.69) is 4.98 Å². The summed E-state index contributed by atoms with van der Waals surface area (Å²) in [6.07, 6.45) is 2.25. The summed E-state index contributed by atoms with van der Waals surface area (Å²) >= 11 is 7.52. The van der Waals surface area contributed by atoms with E-state index >= 15 is 0 Å². The van der Waals surface area contributed by atoms with E-state index in [0.717, 1.165) is 39.9 Å². The summed E-state index contributed by atoms with van der Waals surface area (Å²) in [5.74, 6) is 0.112. The van der Waals surface area contributed by atoms with Gasteiger partial charge >= 0.3 is 0 Å². The topological polar surface area (TPSA) is 56.0 Å². The Balaban J connectivity index is 2.00. The summed E-state index contributed by atoms with van der Waals surface area (Å²) in [5.41, 5.74) is 10.5. The Kier molecular flexibility index (Phi) is 3.17. The fraction of sp³-hybridized carbons (Fsp3) is 0.176. The minimum atomic E-state index is 0.112. The molecule has 22 heavy (non-hydrogen) atoms. The molecule has 4 rings (SSSR count). The number of carbonyl (C=O) groups excluding carboxylic acids is 1. The predicted octanol–water partition coefficient (Wildman–Crippen LogP) is 4.72. The Morgan fingerprint density at radius 1 is 1.18 bits per heavy atom. The molecule has 0 amide bonds. The summed E-state index contributed by atoms with van der Waals surface area (Å²) in [4.78, 5) is 17.8. The van der Waals surface area contributed by atoms with Crippen LogP contribution in [0, 0.1) is 0 Å². The number of rotatable bonds is 1. The van der Waals surface area contributed by atoms with Crippen molar-refractivity contribution < 1.29 is 4.79 Å². The third kappa shape index (κ3) is 2.02. The first-order valence-corrected chi connectivity index (χ1v) is 8.39. The highest BCUT2D eigenvalue weighted by molar-refractivity contribution is 7.17. The van der Waals surface area contributed by atoms with Crippen LogP contribution in [0.4, 0.5) is 5.69 Å². The van der Waals surface area contributed by atoms with E-state index < -0.39 is 0 Å². The maximum absolute atomic E-state index is 12.2. The molecule has 0 saturated carbocycles. The van der Waals surface area contributed by atoms with Crippen LogP contribution in [0.15, 0.2) is 29.6 Å². The van der Waals surface area contributed by atoms with Crippen molar-refractivity contribution >= 4 is 44.6 Å². The number of aryl methyl sites for hydroxylation is 1. The van der Waals surface area contributed by atoms with Gasteiger partial charge in [-0.1, -0.05) is 23.7 Å². The Morgan fingerprint density at radius 2 is 1.95 bits per heavy atom. The lowest BCUT2D eigenvalue weighted by Crippen LogP contribution is -2.15. The molecule has 2 aromatic heterocycles. The van der Waals surface area contributed by atoms with Crippen molar-refractivity contribution in [1.82, 2.24) is 4.98 Å². The van der Waals surface area contributed by atoms with Crippen molar-refractivity contribution in [2.24, 2.45) is 0 Å². The lowest BCUT2D eigenvalue weighted by Gasteiger charge is -2.16. The minimum Gasteiger partial charge on any atom is -0.397 e. The maximum atomic E-state index is 12.2. The molecule has 0 bridgehead atoms. The molecule has 3 aromatic rings. The Hall–Kier alpha value is -1.91. The number of nitrogens with zero attached hydrogens (tertiary/aromatic N) is 1. The Labute approximate surface area is 136 Å². The fourth-order valence-electron chi connectivity index (χ4n) is 3.02. The van der Waals surface area contributed by atoms with Gasteiger partial charge in [0.1, 0.15) is 4.83 Å². The van der Waals surface area contributed by atoms with Crippen molar-refractivity contribution in [3.05, 3.63) is 45.9 Å². The lowest BCUT2D eigenvalue weighted by atomic mass is 9.91. The number of thiophene rings is 1. The van der Waals surface area contributed by atoms with Crippen LogP contribution < -0.4 is 5.73 Å². The second kappa shape index (κ2) is 5.07. The van der Waals surface area contributed by atoms with Gasteiger partial charge in [-0.15, -0.1) is 11.3 Å². The van der Waals surface area contributed by atoms with Crippen LogP contribution in [0.5, 0.6) is 0 Å². The molecule has 1 aliphatic rings. The van der Waals surface area contributed by atoms with E-state index in [9.17, 15) is 4.79 Å². The van der Waals surface area contributed by atoms with Gasteiger partial charge in [-0.25, -0.2) is 4.98 Å². The summed E-state index contributed by atoms with van der Waals surface area (Å²) < 4.78 is 0. The van der Waals surface area contributed by atoms with Crippen LogP contribution in [0.1, 0.15) is 28.9 Å². The Morgan fingerprint density at radius 3 is 2.73 bits per heavy atom. The quantitative estimate of drug-likeness (QED) is 0.703. The van der Waals surface area contributed by atoms with E-state index in [1.54, 1.807) is 11.3 Å². The largest absolute Gasteiger partial charge is 0.397 e. The number of nitrogen functional groups attached to an aromatic ring is 1. The number of hydrogen-bond donors (Lipinski definition) is 1. The smallest absolute Gasteiger partial charge is 0.166 e. The number of aromatic nitrogens is 1. The summed E-state index contributed by atoms with van der Waals surface area (Å²) in [5, 5.41) is 3.64. The highest BCUT2D eigenvalue weighted by Crippen LogP contribution is 2.40. The third-order valence-electron chi connectivity index (χ3n) is 4.09. The number of ketones is 1. The fourth-order valence-corrected chi connectivity index (χ4v) is 4.13. The molecule has 110 valence electrons. The van der Waals surface area contributed by atoms with E-state index in [1.165, 1.54) is 0 Å². The molecule has 0 unspecified atom stereocenters. The van der Waals surface area contributed by atoms with Crippen molar-refractivity contribution in [1.29, 1.82) is 0 Å². The number of Topliss-reactive ketones (excluding diaryl/α,β-unsaturated/α-hetero) is 1. The van der Waals surface area contributed by atoms with Crippen molar-refractivity contribution in [2.75, 3.05) is 5.73 Å². The average Bonchev–Trinajstić information content (AvgIpc) is 2.92. The SMILES string of the molecule is Nc1c2c(nc3scc(-c4ccc(Cl)cc4)c13)CCCC2=O. The molecule has 0 radical (unpaired) electrons. The molecule has 0 fully saturated rings. The first-order chi connectivity index (χ1) is 10.6. The molecule has 2 heterocycles. The molecule has 2 N–H and O–H groups in total. The van der Waals surface area contributed by atoms with Gasteiger partial charge in [0.25, 0.3) is 0 Å². The number of hydrogen-bond acceptors (Lipinski definition) is 4. The molecule has 1 aliphatic carbocycles. The normalized spacial score (nSPS) is 14.3. The van der Waals surface area contributed by atoms with E-state index in [4.69, 9.17) is 17.3 Å². The van der Waals surface area contributed by atoms with Gasteiger partial charge in [-0.2, -0.15) is 0 Å². The summed E-state index contributed by atoms with van der Waals surface area (Å²) in [6.45, 7) is 0. The standard InChI is InChI=1S/C17H13ClN2OS/c18-10-6-4-9(5-7-10)11-8-22-17-14(11)16(19)15-12(20-17)2-1-3-13(15)21/h4-8H,1-3H2,(H2,19,20). The second-order valence-corrected chi connectivity index (χ2v) is 6.75. The molecular formula is C17H13ClN2OS. The zero-order valence-electron chi connectivity index (χ0n) is 11.7. The molecule has 0 aliphatic heterocycles. The van der Waals surface area contributed by atoms with Gasteiger partial charge in [0.05, 0.1) is 16.9 Å². The number of fused-ring (bicyclic) bond motifs is 2. The monoisotopic (exact) mass is 328 g/mol. The second-order valence-electron chi connectivity index (χ2n) is 5.46. The number of nitrogens with two attached hydrogens (primary N) is 1. The zero-order valence-corrected chi connectivity index (χ0v) is 13.3. The summed E-state index contributed by atoms with van der Waals surface area (Å²) in [7, 11) is 0. The average molecular weight is 329 g/mol. The molecule has 0 saturated heterocycles. The maximum Gasteiger partial charge on any atom is 0.166 e. The van der Waals surface area contributed by atoms with Gasteiger partial charge in [0.2, 0.25) is 0 Å². The van der Waals surface area contributed by atoms with Crippen LogP contribution in [-0.4, -0.2) is 10.8 Å². The third-order valence-corrected chi connectivity index (χ3v) is 5.21. The van der Waals surface area contributed by atoms with Crippen molar-refractivity contribution in [3.8, 4) is 11.1 Å². The van der Waals surface area contributed by atoms with Gasteiger partial charge in [-0.05, 0) is 30.5 Å². The molecule has 3 nitrogen and oxygen atoms in total. The minimum absolute atomic E-state index is 0.112. The van der Waals surface area contributed by atoms with Crippen LogP contribution in [0.2, 0.25) is 5.02 Å². The number of benzene rings is 1. The van der Waals surface area contributed by atoms with Crippen molar-refractivity contribution in [3.63, 3.8) is 0 Å². The number of halogens is 1. The molecule has 0 atom stereocenters. The zero-order chi connectivity index (χ0) is 15.3. The predicted molar refractivity (Wildman–Crippen MR) is 91.7 cm³/mol. The van der Waals surface area contributed by atoms with E-state index in [0.29, 0.717) is 22.7 Å². The molecule has 1 aromatic carbocycles. The molecule has 5 heteroatoms. The first kappa shape index (κ1) is 13.7. The lowest BCUT2D eigenvalue weighted by molar-refractivity contribution is 0.0973. The molecular weight excluding hydrogens is 316 g/mol. The van der Waals surface area contributed by atoms with Gasteiger partial charge in [0.15, 0.2) is 5.78 Å². The van der Waals surface area contributed by atoms with Crippen molar-refractivity contribution in [2.45, 2.75) is 19.3 Å². The molecule has 0 spiro atoms. The van der Waals surface area contributed by atoms with Gasteiger partial charge < -0.3 is 5.73 Å². The van der Waals surface area contributed by atoms with Crippen LogP contribution in [0.3, 0.4) is 0 Å². The van der Waals surface area contributed by atoms with E-state index in [1.807, 2.05) is 29.6 Å². The highest BCUT2D eigenvalue weighted by atomic mass is 35.5. The van der Waals surface area contributed by atoms with Gasteiger partial charge in [0, 0.05) is 27.8 Å². The van der Waals surface area contributed by atoms with Crippen LogP contribution in [0.25, 0.3) is 21.3 Å².